The zero-order valence-corrected chi connectivity index (χ0v) is 74.3. The number of hydrogen-bond acceptors (Lipinski definition) is 22. The average molecular weight is 1940 g/mol. The Morgan fingerprint density at radius 3 is 1.07 bits per heavy atom. The van der Waals surface area contributed by atoms with Gasteiger partial charge in [-0.1, -0.05) is 103 Å². The molecule has 23 nitrogen and oxygen atoms in total. The third-order valence-electron chi connectivity index (χ3n) is 18.9. The predicted molar refractivity (Wildman–Crippen MR) is 479 cm³/mol. The fourth-order valence-corrected chi connectivity index (χ4v) is 14.3. The van der Waals surface area contributed by atoms with Crippen molar-refractivity contribution in [1.29, 1.82) is 0 Å². The number of aromatic hydroxyl groups is 1. The molecule has 35 heteroatoms. The van der Waals surface area contributed by atoms with Crippen LogP contribution in [0.15, 0.2) is 252 Å². The number of phenols is 1. The molecule has 0 unspecified atom stereocenters. The van der Waals surface area contributed by atoms with E-state index in [-0.39, 0.29) is 168 Å². The van der Waals surface area contributed by atoms with Gasteiger partial charge in [0.2, 0.25) is 0 Å². The molecule has 0 aliphatic carbocycles. The number of rotatable bonds is 27. The van der Waals surface area contributed by atoms with Crippen LogP contribution in [-0.4, -0.2) is 81.7 Å². The number of para-hydroxylation sites is 4. The van der Waals surface area contributed by atoms with Crippen molar-refractivity contribution in [2.24, 2.45) is 17.2 Å². The van der Waals surface area contributed by atoms with E-state index >= 15 is 4.39 Å². The number of carboxylic acids is 1. The summed E-state index contributed by atoms with van der Waals surface area (Å²) in [6.45, 7) is 6.26. The molecule has 0 saturated carbocycles. The van der Waals surface area contributed by atoms with Crippen LogP contribution >= 0.6 is 44.3 Å². The summed E-state index contributed by atoms with van der Waals surface area (Å²) in [4.78, 5) is 45.7. The van der Waals surface area contributed by atoms with Crippen LogP contribution in [0.2, 0.25) is 0 Å². The maximum Gasteiger partial charge on any atom is 1.00 e. The van der Waals surface area contributed by atoms with Gasteiger partial charge in [-0.15, -0.1) is 12.4 Å². The Labute approximate surface area is 776 Å². The number of aliphatic hydroxyl groups is 1. The van der Waals surface area contributed by atoms with Crippen LogP contribution in [0.1, 0.15) is 82.0 Å². The number of aliphatic carboxylic acids is 1. The standard InChI is InChI=1S/C26H23F2NO4.C24H19F2NO4.C19H16BrFO4.C10H11FO3.C9H7BrO2.C7H9BFNO2.ClH.Li.H2O/c1-2-31-23(30)13-17-5-4-8-22(27)26(17)33-15-16-11-18-9-10-32-25(18)21(12-16)20-7-3-6-19(14-29)24(20)28;25-20-6-2-3-15(11-21(28)29)24(20)31-13-14-9-16-7-8-30-23(16)19(10-14)18-5-1-4-17(12-27)22(18)26;1-2-23-17(22)10-13-4-3-5-16(21)19(13)25-11-12-8-14-6-7-24-18(14)15(20)9-12;1-2-14-9(12)6-7-4-3-5-8(11)10(7)13;10-8-4-6(5-11)3-7-1-2-12-9(7)8;9-7-5(4-10)2-1-3-6(7)8(11)12;;;/h3-12H,2,13-15,29H2,1H3;1-10H,11-13,27H2,(H,28,29);3-9H,2,10-11H2,1H3;3-5,13H,2,6H2,1H3;1-4,11H,5H2;1-3,11-12H,4,10H2;1H;;1H2/q;;;;;;;+1;/p-1. The normalized spacial score (nSPS) is 10.5. The minimum atomic E-state index is -1.78. The van der Waals surface area contributed by atoms with Crippen LogP contribution in [0.25, 0.3) is 66.1 Å². The number of carboxylic acid groups (broad SMARTS) is 1. The number of nitrogens with two attached hydrogens (primary N) is 3. The van der Waals surface area contributed by atoms with Gasteiger partial charge in [0.05, 0.1) is 86.1 Å². The molecular formula is C95H87BBr2ClF7LiN3O20. The van der Waals surface area contributed by atoms with Crippen molar-refractivity contribution < 1.29 is 146 Å². The molecule has 4 aromatic heterocycles. The third-order valence-corrected chi connectivity index (χ3v) is 20.1. The molecule has 0 radical (unpaired) electrons. The molecule has 0 aliphatic heterocycles. The van der Waals surface area contributed by atoms with E-state index in [9.17, 15) is 50.6 Å². The average Bonchev–Trinajstić information content (AvgIpc) is 1.53. The summed E-state index contributed by atoms with van der Waals surface area (Å²) in [5.74, 6) is -6.96. The first-order valence-electron chi connectivity index (χ1n) is 39.3. The Balaban J connectivity index is 0.000000222. The maximum absolute atomic E-state index is 15.0. The first kappa shape index (κ1) is 105. The summed E-state index contributed by atoms with van der Waals surface area (Å²) in [5, 5.41) is 48.0. The van der Waals surface area contributed by atoms with Crippen LogP contribution < -0.4 is 55.7 Å². The first-order valence-corrected chi connectivity index (χ1v) is 40.9. The van der Waals surface area contributed by atoms with E-state index in [4.69, 9.17) is 78.8 Å². The molecule has 0 fully saturated rings. The van der Waals surface area contributed by atoms with Crippen LogP contribution in [0.3, 0.4) is 0 Å². The smallest absolute Gasteiger partial charge is 0.870 e. The number of fused-ring (bicyclic) bond motifs is 4. The number of furan rings is 4. The number of benzene rings is 11. The Kier molecular flexibility index (Phi) is 41.3. The summed E-state index contributed by atoms with van der Waals surface area (Å²) >= 11 is 6.81. The number of aliphatic hydroxyl groups excluding tert-OH is 1. The van der Waals surface area contributed by atoms with Gasteiger partial charge in [0.25, 0.3) is 0 Å². The van der Waals surface area contributed by atoms with Gasteiger partial charge in [-0.2, -0.15) is 0 Å². The predicted octanol–water partition coefficient (Wildman–Crippen LogP) is 16.1. The number of phenolic OH excluding ortho intramolecular Hbond substituents is 1. The van der Waals surface area contributed by atoms with Gasteiger partial charge in [0.15, 0.2) is 46.3 Å². The van der Waals surface area contributed by atoms with Crippen LogP contribution in [-0.2, 0) is 105 Å². The Morgan fingerprint density at radius 1 is 0.392 bits per heavy atom. The second-order valence-electron chi connectivity index (χ2n) is 27.6. The SMILES string of the molecule is CCOC(=O)Cc1cccc(F)c1O.CCOC(=O)Cc1cccc(F)c1OCc1cc(-c2cccc(CN)c2F)c2occc2c1.CCOC(=O)Cc1cccc(F)c1OCc1cc(Br)c2occc2c1.Cl.NCc1cccc(-c2cc(COc3c(F)cccc3CC(=O)O)cc3ccoc23)c1F.NCc1cccc(B(O)O)c1F.OCc1cc(Br)c2occc2c1.[Li+].[OH-]. The molecular weight excluding hydrogens is 1850 g/mol. The maximum atomic E-state index is 15.0. The van der Waals surface area contributed by atoms with Crippen LogP contribution in [0.4, 0.5) is 30.7 Å². The molecule has 0 amide bonds. The Hall–Kier alpha value is -12.2. The van der Waals surface area contributed by atoms with Crippen molar-refractivity contribution >= 4 is 125 Å². The largest absolute Gasteiger partial charge is 1.00 e. The first-order chi connectivity index (χ1) is 61.2. The van der Waals surface area contributed by atoms with Crippen molar-refractivity contribution in [1.82, 2.24) is 0 Å². The number of hydrogen-bond donors (Lipinski definition) is 8. The molecule has 11 aromatic carbocycles. The van der Waals surface area contributed by atoms with Gasteiger partial charge in [-0.05, 0) is 172 Å². The third kappa shape index (κ3) is 27.9. The fourth-order valence-electron chi connectivity index (χ4n) is 13.1. The van der Waals surface area contributed by atoms with E-state index < -0.39 is 77.5 Å². The van der Waals surface area contributed by atoms with Crippen LogP contribution in [0.5, 0.6) is 23.0 Å². The summed E-state index contributed by atoms with van der Waals surface area (Å²) in [6.07, 6.45) is 5.65. The zero-order chi connectivity index (χ0) is 91.4. The molecule has 0 atom stereocenters. The van der Waals surface area contributed by atoms with Gasteiger partial charge in [-0.3, -0.25) is 19.2 Å². The zero-order valence-electron chi connectivity index (χ0n) is 70.3. The van der Waals surface area contributed by atoms with Gasteiger partial charge in [0, 0.05) is 108 Å². The second-order valence-corrected chi connectivity index (χ2v) is 29.3. The van der Waals surface area contributed by atoms with Gasteiger partial charge < -0.3 is 94.1 Å². The molecule has 4 heterocycles. The van der Waals surface area contributed by atoms with E-state index in [0.29, 0.717) is 66.8 Å². The van der Waals surface area contributed by atoms with E-state index in [1.54, 1.807) is 118 Å². The van der Waals surface area contributed by atoms with Crippen molar-refractivity contribution in [2.75, 3.05) is 19.8 Å². The number of halogens is 10. The summed E-state index contributed by atoms with van der Waals surface area (Å²) < 4.78 is 154. The molecule has 15 rings (SSSR count). The van der Waals surface area contributed by atoms with E-state index in [1.807, 2.05) is 42.5 Å². The molecule has 676 valence electrons. The monoisotopic (exact) mass is 1930 g/mol. The number of ether oxygens (including phenoxy) is 6. The number of esters is 3. The molecule has 0 aliphatic rings. The van der Waals surface area contributed by atoms with E-state index in [0.717, 1.165) is 58.8 Å². The minimum absolute atomic E-state index is 0. The number of carbonyl (C=O) groups is 4. The topological polar surface area (TPSA) is 385 Å². The van der Waals surface area contributed by atoms with E-state index in [2.05, 4.69) is 36.6 Å². The minimum Gasteiger partial charge on any atom is -0.870 e. The van der Waals surface area contributed by atoms with Gasteiger partial charge in [0.1, 0.15) is 59.6 Å². The summed E-state index contributed by atoms with van der Waals surface area (Å²) in [5.41, 5.74) is 26.2. The Bertz CT molecular complexity index is 6340. The van der Waals surface area contributed by atoms with Gasteiger partial charge >= 0.3 is 49.9 Å². The van der Waals surface area contributed by atoms with Crippen molar-refractivity contribution in [3.05, 3.63) is 336 Å². The molecule has 0 spiro atoms. The summed E-state index contributed by atoms with van der Waals surface area (Å²) in [7, 11) is -1.78. The quantitative estimate of drug-likeness (QED) is 0.0103. The van der Waals surface area contributed by atoms with Crippen molar-refractivity contribution in [3.63, 3.8) is 0 Å². The molecule has 12 N–H and O–H groups in total. The van der Waals surface area contributed by atoms with Crippen molar-refractivity contribution in [3.8, 4) is 45.3 Å². The molecule has 130 heavy (non-hydrogen) atoms. The van der Waals surface area contributed by atoms with Crippen molar-refractivity contribution in [2.45, 2.75) is 92.5 Å². The van der Waals surface area contributed by atoms with Crippen LogP contribution in [0, 0.1) is 40.7 Å². The van der Waals surface area contributed by atoms with E-state index in [1.165, 1.54) is 79.3 Å². The second kappa shape index (κ2) is 51.3. The molecule has 15 aromatic rings. The molecule has 0 saturated heterocycles. The Morgan fingerprint density at radius 2 is 0.700 bits per heavy atom. The van der Waals surface area contributed by atoms with Gasteiger partial charge in [-0.25, -0.2) is 30.7 Å². The fraction of sp³-hybridized carbons (Fsp3) is 0.179. The molecule has 0 bridgehead atoms. The number of carbonyl (C=O) groups excluding carboxylic acids is 3. The summed E-state index contributed by atoms with van der Waals surface area (Å²) in [6, 6.07) is 53.3.